The summed E-state index contributed by atoms with van der Waals surface area (Å²) in [6, 6.07) is 62.9. The van der Waals surface area contributed by atoms with Crippen molar-refractivity contribution >= 4 is 10.8 Å². The molecule has 0 spiro atoms. The van der Waals surface area contributed by atoms with Gasteiger partial charge in [0, 0.05) is 16.7 Å². The van der Waals surface area contributed by atoms with Crippen molar-refractivity contribution in [3.05, 3.63) is 181 Å². The summed E-state index contributed by atoms with van der Waals surface area (Å²) in [5, 5.41) is 11.5. The van der Waals surface area contributed by atoms with Gasteiger partial charge in [-0.25, -0.2) is 9.97 Å². The molecule has 0 aliphatic rings. The van der Waals surface area contributed by atoms with Crippen molar-refractivity contribution in [2.75, 3.05) is 0 Å². The summed E-state index contributed by atoms with van der Waals surface area (Å²) < 4.78 is 0. The molecule has 8 aromatic rings. The van der Waals surface area contributed by atoms with Crippen LogP contribution in [0.5, 0.6) is 0 Å². The third kappa shape index (κ3) is 5.87. The Morgan fingerprint density at radius 1 is 0.333 bits per heavy atom. The molecule has 0 atom stereocenters. The fraction of sp³-hybridized carbons (Fsp3) is 0. The van der Waals surface area contributed by atoms with Crippen LogP contribution in [0.3, 0.4) is 0 Å². The third-order valence-electron chi connectivity index (χ3n) is 8.75. The summed E-state index contributed by atoms with van der Waals surface area (Å²) in [4.78, 5) is 9.91. The van der Waals surface area contributed by atoms with Crippen LogP contribution in [0.25, 0.3) is 78.1 Å². The average Bonchev–Trinajstić information content (AvgIpc) is 3.18. The molecular formula is C45H29N3. The van der Waals surface area contributed by atoms with E-state index in [2.05, 4.69) is 121 Å². The van der Waals surface area contributed by atoms with Crippen molar-refractivity contribution < 1.29 is 0 Å². The maximum atomic E-state index is 9.10. The summed E-state index contributed by atoms with van der Waals surface area (Å²) in [6.07, 6.45) is 0. The number of rotatable bonds is 6. The van der Waals surface area contributed by atoms with Crippen LogP contribution in [0, 0.1) is 11.3 Å². The van der Waals surface area contributed by atoms with Crippen LogP contribution in [0.4, 0.5) is 0 Å². The number of hydrogen-bond donors (Lipinski definition) is 0. The second kappa shape index (κ2) is 12.6. The topological polar surface area (TPSA) is 49.6 Å². The fourth-order valence-corrected chi connectivity index (χ4v) is 6.10. The minimum Gasteiger partial charge on any atom is -0.228 e. The molecule has 3 nitrogen and oxygen atoms in total. The predicted molar refractivity (Wildman–Crippen MR) is 197 cm³/mol. The van der Waals surface area contributed by atoms with Gasteiger partial charge < -0.3 is 0 Å². The van der Waals surface area contributed by atoms with Gasteiger partial charge in [0.15, 0.2) is 5.82 Å². The van der Waals surface area contributed by atoms with Gasteiger partial charge in [0.05, 0.1) is 23.0 Å². The molecular weight excluding hydrogens is 583 g/mol. The van der Waals surface area contributed by atoms with Gasteiger partial charge in [-0.05, 0) is 74.5 Å². The van der Waals surface area contributed by atoms with E-state index in [4.69, 9.17) is 15.2 Å². The lowest BCUT2D eigenvalue weighted by Gasteiger charge is -2.11. The highest BCUT2D eigenvalue weighted by molar-refractivity contribution is 5.91. The van der Waals surface area contributed by atoms with E-state index in [1.807, 2.05) is 60.7 Å². The lowest BCUT2D eigenvalue weighted by atomic mass is 9.96. The van der Waals surface area contributed by atoms with Gasteiger partial charge in [0.1, 0.15) is 0 Å². The highest BCUT2D eigenvalue weighted by Crippen LogP contribution is 2.32. The number of aromatic nitrogens is 2. The van der Waals surface area contributed by atoms with Gasteiger partial charge in [0.25, 0.3) is 0 Å². The lowest BCUT2D eigenvalue weighted by Crippen LogP contribution is -1.95. The molecule has 8 rings (SSSR count). The molecule has 3 heteroatoms. The molecule has 0 bridgehead atoms. The van der Waals surface area contributed by atoms with Gasteiger partial charge >= 0.3 is 0 Å². The second-order valence-electron chi connectivity index (χ2n) is 11.8. The Kier molecular flexibility index (Phi) is 7.59. The van der Waals surface area contributed by atoms with E-state index in [-0.39, 0.29) is 0 Å². The SMILES string of the molecule is N#Cc1ccc(-c2ccc(-c3ccc4ccc(-c5ccc(-c6cc(-c7ccccc7)nc(-c7ccccc7)n6)cc5)cc4c3)cc2)cc1. The van der Waals surface area contributed by atoms with E-state index in [9.17, 15) is 0 Å². The molecule has 48 heavy (non-hydrogen) atoms. The second-order valence-corrected chi connectivity index (χ2v) is 11.8. The van der Waals surface area contributed by atoms with Gasteiger partial charge in [-0.3, -0.25) is 0 Å². The largest absolute Gasteiger partial charge is 0.228 e. The number of nitrogens with zero attached hydrogens (tertiary/aromatic N) is 3. The van der Waals surface area contributed by atoms with Crippen molar-refractivity contribution in [1.82, 2.24) is 9.97 Å². The minimum absolute atomic E-state index is 0.669. The summed E-state index contributed by atoms with van der Waals surface area (Å²) >= 11 is 0. The van der Waals surface area contributed by atoms with Crippen molar-refractivity contribution in [2.45, 2.75) is 0 Å². The van der Waals surface area contributed by atoms with Crippen molar-refractivity contribution in [3.63, 3.8) is 0 Å². The maximum absolute atomic E-state index is 9.10. The van der Waals surface area contributed by atoms with Gasteiger partial charge in [-0.15, -0.1) is 0 Å². The van der Waals surface area contributed by atoms with Crippen LogP contribution in [-0.2, 0) is 0 Å². The molecule has 0 amide bonds. The molecule has 1 heterocycles. The first kappa shape index (κ1) is 28.8. The zero-order chi connectivity index (χ0) is 32.3. The monoisotopic (exact) mass is 611 g/mol. The average molecular weight is 612 g/mol. The zero-order valence-corrected chi connectivity index (χ0v) is 26.1. The number of nitriles is 1. The first-order chi connectivity index (χ1) is 23.7. The number of benzene rings is 7. The van der Waals surface area contributed by atoms with E-state index in [0.29, 0.717) is 11.4 Å². The summed E-state index contributed by atoms with van der Waals surface area (Å²) in [5.41, 5.74) is 12.4. The first-order valence-corrected chi connectivity index (χ1v) is 16.0. The van der Waals surface area contributed by atoms with E-state index in [1.165, 1.54) is 27.5 Å². The molecule has 0 saturated heterocycles. The van der Waals surface area contributed by atoms with Crippen LogP contribution in [0.2, 0.25) is 0 Å². The molecule has 0 radical (unpaired) electrons. The van der Waals surface area contributed by atoms with Crippen LogP contribution >= 0.6 is 0 Å². The smallest absolute Gasteiger partial charge is 0.160 e. The number of hydrogen-bond acceptors (Lipinski definition) is 3. The molecule has 0 fully saturated rings. The highest BCUT2D eigenvalue weighted by Gasteiger charge is 2.11. The van der Waals surface area contributed by atoms with Crippen molar-refractivity contribution in [3.8, 4) is 73.4 Å². The number of fused-ring (bicyclic) bond motifs is 1. The summed E-state index contributed by atoms with van der Waals surface area (Å²) in [5.74, 6) is 0.713. The van der Waals surface area contributed by atoms with Crippen LogP contribution in [-0.4, -0.2) is 9.97 Å². The molecule has 0 saturated carbocycles. The summed E-state index contributed by atoms with van der Waals surface area (Å²) in [6.45, 7) is 0. The van der Waals surface area contributed by atoms with Gasteiger partial charge in [-0.2, -0.15) is 5.26 Å². The Bertz CT molecular complexity index is 2350. The molecule has 7 aromatic carbocycles. The molecule has 0 N–H and O–H groups in total. The Morgan fingerprint density at radius 3 is 1.23 bits per heavy atom. The van der Waals surface area contributed by atoms with E-state index < -0.39 is 0 Å². The fourth-order valence-electron chi connectivity index (χ4n) is 6.10. The van der Waals surface area contributed by atoms with Gasteiger partial charge in [0.2, 0.25) is 0 Å². The van der Waals surface area contributed by atoms with E-state index in [0.717, 1.165) is 44.8 Å². The Labute approximate surface area is 280 Å². The normalized spacial score (nSPS) is 10.9. The first-order valence-electron chi connectivity index (χ1n) is 16.0. The predicted octanol–water partition coefficient (Wildman–Crippen LogP) is 11.5. The van der Waals surface area contributed by atoms with Crippen LogP contribution < -0.4 is 0 Å². The quantitative estimate of drug-likeness (QED) is 0.188. The maximum Gasteiger partial charge on any atom is 0.160 e. The van der Waals surface area contributed by atoms with E-state index >= 15 is 0 Å². The lowest BCUT2D eigenvalue weighted by molar-refractivity contribution is 1.18. The molecule has 0 unspecified atom stereocenters. The zero-order valence-electron chi connectivity index (χ0n) is 26.1. The van der Waals surface area contributed by atoms with Crippen molar-refractivity contribution in [1.29, 1.82) is 5.26 Å². The minimum atomic E-state index is 0.669. The van der Waals surface area contributed by atoms with Gasteiger partial charge in [-0.1, -0.05) is 146 Å². The highest BCUT2D eigenvalue weighted by atomic mass is 14.9. The standard InChI is InChI=1S/C45H29N3/c46-30-31-11-13-32(14-12-31)33-15-17-34(18-16-33)40-25-21-36-22-26-41(28-42(36)27-40)35-19-23-38(24-20-35)44-29-43(37-7-3-1-4-8-37)47-45(48-44)39-9-5-2-6-10-39/h1-29H. The van der Waals surface area contributed by atoms with Crippen LogP contribution in [0.1, 0.15) is 5.56 Å². The third-order valence-corrected chi connectivity index (χ3v) is 8.75. The van der Waals surface area contributed by atoms with Crippen LogP contribution in [0.15, 0.2) is 176 Å². The molecule has 0 aliphatic heterocycles. The molecule has 224 valence electrons. The Balaban J connectivity index is 1.09. The van der Waals surface area contributed by atoms with Crippen molar-refractivity contribution in [2.24, 2.45) is 0 Å². The van der Waals surface area contributed by atoms with E-state index in [1.54, 1.807) is 0 Å². The molecule has 1 aromatic heterocycles. The molecule has 0 aliphatic carbocycles. The summed E-state index contributed by atoms with van der Waals surface area (Å²) in [7, 11) is 0. The Morgan fingerprint density at radius 2 is 0.729 bits per heavy atom. The Hall–Kier alpha value is -6.63.